The van der Waals surface area contributed by atoms with Crippen molar-refractivity contribution < 1.29 is 9.53 Å². The molecule has 3 heterocycles. The molecule has 164 valence electrons. The predicted octanol–water partition coefficient (Wildman–Crippen LogP) is 3.53. The fourth-order valence-corrected chi connectivity index (χ4v) is 4.54. The maximum atomic E-state index is 12.1. The highest BCUT2D eigenvalue weighted by atomic mass is 16.5. The van der Waals surface area contributed by atoms with Gasteiger partial charge in [0.1, 0.15) is 17.8 Å². The fraction of sp³-hybridized carbons (Fsp3) is 0.320. The van der Waals surface area contributed by atoms with E-state index in [2.05, 4.69) is 38.7 Å². The van der Waals surface area contributed by atoms with E-state index in [1.807, 2.05) is 24.3 Å². The number of methoxy groups -OCH3 is 1. The Hall–Kier alpha value is -3.45. The number of rotatable bonds is 6. The first-order valence-corrected chi connectivity index (χ1v) is 11.0. The number of nitrogens with zero attached hydrogens (tertiary/aromatic N) is 4. The SMILES string of the molecule is COC(=O)Cc1nc2c(N)nc3ccccc3c2n1Cc1ccc(CN2CCCC2)cc1. The van der Waals surface area contributed by atoms with Crippen molar-refractivity contribution in [2.75, 3.05) is 25.9 Å². The van der Waals surface area contributed by atoms with E-state index in [1.54, 1.807) is 0 Å². The Labute approximate surface area is 186 Å². The Morgan fingerprint density at radius 3 is 2.41 bits per heavy atom. The van der Waals surface area contributed by atoms with Gasteiger partial charge < -0.3 is 15.0 Å². The Morgan fingerprint density at radius 1 is 1.00 bits per heavy atom. The first-order chi connectivity index (χ1) is 15.6. The third kappa shape index (κ3) is 3.91. The van der Waals surface area contributed by atoms with Crippen molar-refractivity contribution in [3.05, 3.63) is 65.5 Å². The van der Waals surface area contributed by atoms with E-state index in [1.165, 1.54) is 38.6 Å². The number of anilines is 1. The summed E-state index contributed by atoms with van der Waals surface area (Å²) in [5.74, 6) is 0.653. The molecule has 2 aromatic heterocycles. The molecule has 0 saturated carbocycles. The number of para-hydroxylation sites is 1. The number of ether oxygens (including phenoxy) is 1. The van der Waals surface area contributed by atoms with E-state index in [-0.39, 0.29) is 12.4 Å². The minimum atomic E-state index is -0.335. The Kier molecular flexibility index (Phi) is 5.49. The average Bonchev–Trinajstić information content (AvgIpc) is 3.44. The van der Waals surface area contributed by atoms with Crippen LogP contribution >= 0.6 is 0 Å². The fourth-order valence-electron chi connectivity index (χ4n) is 4.54. The van der Waals surface area contributed by atoms with Crippen LogP contribution in [0.5, 0.6) is 0 Å². The number of nitrogen functional groups attached to an aromatic ring is 1. The van der Waals surface area contributed by atoms with Gasteiger partial charge in [-0.2, -0.15) is 0 Å². The number of esters is 1. The molecule has 0 spiro atoms. The second-order valence-corrected chi connectivity index (χ2v) is 8.38. The summed E-state index contributed by atoms with van der Waals surface area (Å²) in [5.41, 5.74) is 11.0. The Bertz CT molecular complexity index is 1270. The number of carbonyl (C=O) groups excluding carboxylic acids is 1. The van der Waals surface area contributed by atoms with Gasteiger partial charge in [-0.1, -0.05) is 42.5 Å². The quantitative estimate of drug-likeness (QED) is 0.472. The summed E-state index contributed by atoms with van der Waals surface area (Å²) in [6.45, 7) is 3.94. The zero-order chi connectivity index (χ0) is 22.1. The van der Waals surface area contributed by atoms with Crippen LogP contribution in [0.1, 0.15) is 29.8 Å². The summed E-state index contributed by atoms with van der Waals surface area (Å²) in [6, 6.07) is 16.6. The average molecular weight is 430 g/mol. The van der Waals surface area contributed by atoms with Crippen LogP contribution in [0.15, 0.2) is 48.5 Å². The second kappa shape index (κ2) is 8.59. The normalized spacial score (nSPS) is 14.4. The van der Waals surface area contributed by atoms with Gasteiger partial charge in [0, 0.05) is 18.5 Å². The van der Waals surface area contributed by atoms with Gasteiger partial charge in [-0.3, -0.25) is 9.69 Å². The standard InChI is InChI=1S/C25H27N5O2/c1-32-22(31)14-21-28-23-24(19-6-2-3-7-20(19)27-25(23)26)30(21)16-18-10-8-17(9-11-18)15-29-12-4-5-13-29/h2-3,6-11H,4-5,12-16H2,1H3,(H2,26,27). The molecular formula is C25H27N5O2. The van der Waals surface area contributed by atoms with E-state index in [0.717, 1.165) is 28.5 Å². The van der Waals surface area contributed by atoms with Crippen LogP contribution in [0.25, 0.3) is 21.9 Å². The lowest BCUT2D eigenvalue weighted by molar-refractivity contribution is -0.139. The van der Waals surface area contributed by atoms with Gasteiger partial charge in [-0.05, 0) is 43.1 Å². The Morgan fingerprint density at radius 2 is 1.69 bits per heavy atom. The lowest BCUT2D eigenvalue weighted by atomic mass is 10.1. The van der Waals surface area contributed by atoms with Crippen LogP contribution in [0.2, 0.25) is 0 Å². The van der Waals surface area contributed by atoms with E-state index in [9.17, 15) is 4.79 Å². The summed E-state index contributed by atoms with van der Waals surface area (Å²) < 4.78 is 6.98. The number of aromatic nitrogens is 3. The largest absolute Gasteiger partial charge is 0.469 e. The van der Waals surface area contributed by atoms with E-state index in [0.29, 0.717) is 23.7 Å². The van der Waals surface area contributed by atoms with Crippen molar-refractivity contribution in [3.63, 3.8) is 0 Å². The molecule has 0 unspecified atom stereocenters. The molecule has 4 aromatic rings. The molecule has 7 heteroatoms. The van der Waals surface area contributed by atoms with Gasteiger partial charge in [-0.15, -0.1) is 0 Å². The smallest absolute Gasteiger partial charge is 0.313 e. The summed E-state index contributed by atoms with van der Waals surface area (Å²) in [5, 5.41) is 0.964. The number of pyridine rings is 1. The van der Waals surface area contributed by atoms with Crippen molar-refractivity contribution in [2.24, 2.45) is 0 Å². The van der Waals surface area contributed by atoms with Crippen LogP contribution in [0.3, 0.4) is 0 Å². The van der Waals surface area contributed by atoms with Crippen molar-refractivity contribution >= 4 is 33.7 Å². The van der Waals surface area contributed by atoms with Gasteiger partial charge in [-0.25, -0.2) is 9.97 Å². The monoisotopic (exact) mass is 429 g/mol. The van der Waals surface area contributed by atoms with Crippen molar-refractivity contribution in [1.82, 2.24) is 19.4 Å². The van der Waals surface area contributed by atoms with Gasteiger partial charge in [0.2, 0.25) is 0 Å². The van der Waals surface area contributed by atoms with Crippen LogP contribution in [0.4, 0.5) is 5.82 Å². The van der Waals surface area contributed by atoms with Crippen molar-refractivity contribution in [3.8, 4) is 0 Å². The highest BCUT2D eigenvalue weighted by Gasteiger charge is 2.20. The number of benzene rings is 2. The maximum Gasteiger partial charge on any atom is 0.313 e. The molecule has 1 saturated heterocycles. The molecule has 1 fully saturated rings. The van der Waals surface area contributed by atoms with E-state index >= 15 is 0 Å². The zero-order valence-corrected chi connectivity index (χ0v) is 18.3. The third-order valence-electron chi connectivity index (χ3n) is 6.19. The van der Waals surface area contributed by atoms with E-state index in [4.69, 9.17) is 15.5 Å². The molecule has 0 bridgehead atoms. The summed E-state index contributed by atoms with van der Waals surface area (Å²) in [7, 11) is 1.39. The molecule has 1 aliphatic rings. The lowest BCUT2D eigenvalue weighted by Gasteiger charge is -2.15. The molecule has 0 aliphatic carbocycles. The highest BCUT2D eigenvalue weighted by Crippen LogP contribution is 2.29. The minimum Gasteiger partial charge on any atom is -0.469 e. The molecular weight excluding hydrogens is 402 g/mol. The summed E-state index contributed by atoms with van der Waals surface area (Å²) >= 11 is 0. The number of fused-ring (bicyclic) bond motifs is 3. The van der Waals surface area contributed by atoms with Crippen LogP contribution in [0, 0.1) is 0 Å². The van der Waals surface area contributed by atoms with Crippen molar-refractivity contribution in [2.45, 2.75) is 32.4 Å². The number of hydrogen-bond acceptors (Lipinski definition) is 6. The molecule has 1 aliphatic heterocycles. The molecule has 5 rings (SSSR count). The number of hydrogen-bond donors (Lipinski definition) is 1. The zero-order valence-electron chi connectivity index (χ0n) is 18.3. The highest BCUT2D eigenvalue weighted by molar-refractivity contribution is 6.06. The van der Waals surface area contributed by atoms with Crippen LogP contribution in [-0.4, -0.2) is 45.6 Å². The maximum absolute atomic E-state index is 12.1. The number of likely N-dealkylation sites (tertiary alicyclic amines) is 1. The Balaban J connectivity index is 1.55. The van der Waals surface area contributed by atoms with E-state index < -0.39 is 0 Å². The van der Waals surface area contributed by atoms with Crippen LogP contribution < -0.4 is 5.73 Å². The minimum absolute atomic E-state index is 0.0754. The van der Waals surface area contributed by atoms with Crippen LogP contribution in [-0.2, 0) is 29.0 Å². The van der Waals surface area contributed by atoms with Crippen molar-refractivity contribution in [1.29, 1.82) is 0 Å². The molecule has 0 atom stereocenters. The predicted molar refractivity (Wildman–Crippen MR) is 125 cm³/mol. The molecule has 0 radical (unpaired) electrons. The summed E-state index contributed by atoms with van der Waals surface area (Å²) in [6.07, 6.45) is 2.66. The number of nitrogens with two attached hydrogens (primary N) is 1. The molecule has 7 nitrogen and oxygen atoms in total. The molecule has 0 amide bonds. The van der Waals surface area contributed by atoms with Gasteiger partial charge >= 0.3 is 5.97 Å². The number of imidazole rings is 1. The topological polar surface area (TPSA) is 86.3 Å². The summed E-state index contributed by atoms with van der Waals surface area (Å²) in [4.78, 5) is 23.8. The molecule has 32 heavy (non-hydrogen) atoms. The van der Waals surface area contributed by atoms with Gasteiger partial charge in [0.15, 0.2) is 5.82 Å². The first-order valence-electron chi connectivity index (χ1n) is 11.0. The first kappa shape index (κ1) is 20.5. The number of carbonyl (C=O) groups is 1. The molecule has 2 aromatic carbocycles. The van der Waals surface area contributed by atoms with Gasteiger partial charge in [0.25, 0.3) is 0 Å². The van der Waals surface area contributed by atoms with Gasteiger partial charge in [0.05, 0.1) is 18.1 Å². The second-order valence-electron chi connectivity index (χ2n) is 8.38. The molecule has 2 N–H and O–H groups in total. The third-order valence-corrected chi connectivity index (χ3v) is 6.19. The lowest BCUT2D eigenvalue weighted by Crippen LogP contribution is -2.18.